The van der Waals surface area contributed by atoms with Crippen LogP contribution in [0.3, 0.4) is 0 Å². The highest BCUT2D eigenvalue weighted by Crippen LogP contribution is 2.24. The molecule has 5 nitrogen and oxygen atoms in total. The van der Waals surface area contributed by atoms with Crippen molar-refractivity contribution < 1.29 is 14.3 Å². The van der Waals surface area contributed by atoms with Crippen LogP contribution in [-0.2, 0) is 16.0 Å². The van der Waals surface area contributed by atoms with Gasteiger partial charge in [0.25, 0.3) is 0 Å². The number of carbonyl (C=O) groups is 2. The molecule has 1 saturated heterocycles. The van der Waals surface area contributed by atoms with Crippen molar-refractivity contribution in [1.82, 2.24) is 5.32 Å². The summed E-state index contributed by atoms with van der Waals surface area (Å²) in [6.45, 7) is 3.18. The van der Waals surface area contributed by atoms with Gasteiger partial charge in [0.05, 0.1) is 12.7 Å². The summed E-state index contributed by atoms with van der Waals surface area (Å²) in [5, 5.41) is 6.04. The van der Waals surface area contributed by atoms with Gasteiger partial charge in [-0.1, -0.05) is 6.07 Å². The molecule has 1 fully saturated rings. The number of amides is 1. The summed E-state index contributed by atoms with van der Waals surface area (Å²) >= 11 is 0. The van der Waals surface area contributed by atoms with E-state index < -0.39 is 0 Å². The molecule has 2 aliphatic rings. The molecule has 0 aromatic heterocycles. The quantitative estimate of drug-likeness (QED) is 0.872. The Balaban J connectivity index is 0.00000176. The molecule has 0 unspecified atom stereocenters. The van der Waals surface area contributed by atoms with Crippen molar-refractivity contribution in [3.05, 3.63) is 29.3 Å². The maximum atomic E-state index is 12.3. The first kappa shape index (κ1) is 16.9. The molecule has 1 heterocycles. The summed E-state index contributed by atoms with van der Waals surface area (Å²) in [5.74, 6) is 0.0465. The first-order chi connectivity index (χ1) is 10.1. The zero-order chi connectivity index (χ0) is 14.8. The number of nitrogens with one attached hydrogen (secondary N) is 2. The lowest BCUT2D eigenvalue weighted by atomic mass is 9.90. The van der Waals surface area contributed by atoms with E-state index in [1.165, 1.54) is 0 Å². The van der Waals surface area contributed by atoms with E-state index in [9.17, 15) is 9.59 Å². The van der Waals surface area contributed by atoms with Crippen LogP contribution in [-0.4, -0.2) is 37.0 Å². The number of ketones is 1. The predicted molar refractivity (Wildman–Crippen MR) is 86.8 cm³/mol. The number of aryl methyl sites for hydroxylation is 1. The fourth-order valence-electron chi connectivity index (χ4n) is 2.95. The van der Waals surface area contributed by atoms with Crippen LogP contribution < -0.4 is 10.6 Å². The molecular formula is C16H21ClN2O3. The lowest BCUT2D eigenvalue weighted by Crippen LogP contribution is -2.53. The highest BCUT2D eigenvalue weighted by atomic mass is 35.5. The SMILES string of the molecule is C[C@H]1OCCN[C@@H]1C(=O)Nc1ccc2c(c1)C(=O)CCC2.Cl. The van der Waals surface area contributed by atoms with Crippen LogP contribution in [0.2, 0.25) is 0 Å². The number of halogens is 1. The third-order valence-electron chi connectivity index (χ3n) is 4.13. The molecule has 22 heavy (non-hydrogen) atoms. The number of Topliss-reactive ketones (excluding diaryl/α,β-unsaturated/α-hetero) is 1. The number of ether oxygens (including phenoxy) is 1. The topological polar surface area (TPSA) is 67.4 Å². The Hall–Kier alpha value is -1.43. The molecule has 1 aromatic carbocycles. The zero-order valence-electron chi connectivity index (χ0n) is 12.6. The number of benzene rings is 1. The van der Waals surface area contributed by atoms with E-state index in [-0.39, 0.29) is 36.2 Å². The molecule has 2 N–H and O–H groups in total. The maximum Gasteiger partial charge on any atom is 0.244 e. The van der Waals surface area contributed by atoms with Crippen molar-refractivity contribution in [2.45, 2.75) is 38.3 Å². The lowest BCUT2D eigenvalue weighted by Gasteiger charge is -2.29. The van der Waals surface area contributed by atoms with Crippen molar-refractivity contribution in [2.24, 2.45) is 0 Å². The summed E-state index contributed by atoms with van der Waals surface area (Å²) in [5.41, 5.74) is 2.50. The predicted octanol–water partition coefficient (Wildman–Crippen LogP) is 1.94. The van der Waals surface area contributed by atoms with Crippen LogP contribution in [0, 0.1) is 0 Å². The summed E-state index contributed by atoms with van der Waals surface area (Å²) in [4.78, 5) is 24.2. The number of anilines is 1. The number of hydrogen-bond acceptors (Lipinski definition) is 4. The minimum Gasteiger partial charge on any atom is -0.375 e. The van der Waals surface area contributed by atoms with E-state index in [4.69, 9.17) is 4.74 Å². The van der Waals surface area contributed by atoms with Gasteiger partial charge in [-0.05, 0) is 37.5 Å². The largest absolute Gasteiger partial charge is 0.375 e. The Morgan fingerprint density at radius 1 is 1.36 bits per heavy atom. The van der Waals surface area contributed by atoms with Gasteiger partial charge in [-0.15, -0.1) is 12.4 Å². The third kappa shape index (κ3) is 3.48. The molecule has 1 amide bonds. The number of carbonyl (C=O) groups excluding carboxylic acids is 2. The number of morpholine rings is 1. The molecule has 1 aliphatic carbocycles. The minimum atomic E-state index is -0.356. The van der Waals surface area contributed by atoms with Gasteiger partial charge in [0.15, 0.2) is 5.78 Å². The minimum absolute atomic E-state index is 0. The van der Waals surface area contributed by atoms with Crippen LogP contribution >= 0.6 is 12.4 Å². The van der Waals surface area contributed by atoms with Gasteiger partial charge in [-0.3, -0.25) is 9.59 Å². The van der Waals surface area contributed by atoms with E-state index in [2.05, 4.69) is 10.6 Å². The van der Waals surface area contributed by atoms with Gasteiger partial charge in [0.2, 0.25) is 5.91 Å². The summed E-state index contributed by atoms with van der Waals surface area (Å²) in [6, 6.07) is 5.24. The van der Waals surface area contributed by atoms with Crippen molar-refractivity contribution in [3.63, 3.8) is 0 Å². The van der Waals surface area contributed by atoms with Crippen LogP contribution in [0.15, 0.2) is 18.2 Å². The number of hydrogen-bond donors (Lipinski definition) is 2. The maximum absolute atomic E-state index is 12.3. The second-order valence-electron chi connectivity index (χ2n) is 5.65. The molecule has 6 heteroatoms. The lowest BCUT2D eigenvalue weighted by molar-refractivity contribution is -0.123. The standard InChI is InChI=1S/C16H20N2O3.ClH/c1-10-15(17-7-8-21-10)16(20)18-12-6-5-11-3-2-4-14(19)13(11)9-12;/h5-6,9-10,15,17H,2-4,7-8H2,1H3,(H,18,20);1H/t10-,15+;/m1./s1. The van der Waals surface area contributed by atoms with Crippen molar-refractivity contribution in [3.8, 4) is 0 Å². The molecule has 1 aliphatic heterocycles. The molecule has 0 radical (unpaired) electrons. The van der Waals surface area contributed by atoms with Gasteiger partial charge < -0.3 is 15.4 Å². The second-order valence-corrected chi connectivity index (χ2v) is 5.65. The summed E-state index contributed by atoms with van der Waals surface area (Å²) in [6.07, 6.45) is 2.29. The number of rotatable bonds is 2. The zero-order valence-corrected chi connectivity index (χ0v) is 13.4. The number of fused-ring (bicyclic) bond motifs is 1. The van der Waals surface area contributed by atoms with Crippen molar-refractivity contribution in [2.75, 3.05) is 18.5 Å². The second kappa shape index (κ2) is 7.22. The van der Waals surface area contributed by atoms with E-state index in [0.717, 1.165) is 24.0 Å². The van der Waals surface area contributed by atoms with Crippen LogP contribution in [0.1, 0.15) is 35.7 Å². The molecule has 0 saturated carbocycles. The van der Waals surface area contributed by atoms with Gasteiger partial charge >= 0.3 is 0 Å². The summed E-state index contributed by atoms with van der Waals surface area (Å²) in [7, 11) is 0. The first-order valence-corrected chi connectivity index (χ1v) is 7.47. The van der Waals surface area contributed by atoms with Gasteiger partial charge in [-0.25, -0.2) is 0 Å². The fraction of sp³-hybridized carbons (Fsp3) is 0.500. The van der Waals surface area contributed by atoms with E-state index in [0.29, 0.717) is 25.3 Å². The average molecular weight is 325 g/mol. The average Bonchev–Trinajstić information content (AvgIpc) is 2.48. The molecule has 3 rings (SSSR count). The third-order valence-corrected chi connectivity index (χ3v) is 4.13. The van der Waals surface area contributed by atoms with Crippen LogP contribution in [0.25, 0.3) is 0 Å². The summed E-state index contributed by atoms with van der Waals surface area (Å²) < 4.78 is 5.48. The van der Waals surface area contributed by atoms with E-state index in [1.54, 1.807) is 6.07 Å². The van der Waals surface area contributed by atoms with Crippen LogP contribution in [0.4, 0.5) is 5.69 Å². The van der Waals surface area contributed by atoms with Gasteiger partial charge in [0, 0.05) is 24.2 Å². The Bertz CT molecular complexity index is 577. The van der Waals surface area contributed by atoms with Crippen molar-refractivity contribution >= 4 is 29.8 Å². The van der Waals surface area contributed by atoms with Crippen LogP contribution in [0.5, 0.6) is 0 Å². The smallest absolute Gasteiger partial charge is 0.244 e. The monoisotopic (exact) mass is 324 g/mol. The van der Waals surface area contributed by atoms with E-state index in [1.807, 2.05) is 19.1 Å². The molecule has 0 bridgehead atoms. The fourth-order valence-corrected chi connectivity index (χ4v) is 2.95. The Kier molecular flexibility index (Phi) is 5.56. The Labute approximate surface area is 136 Å². The molecular weight excluding hydrogens is 304 g/mol. The molecule has 1 aromatic rings. The normalized spacial score (nSPS) is 24.1. The molecule has 120 valence electrons. The van der Waals surface area contributed by atoms with E-state index >= 15 is 0 Å². The van der Waals surface area contributed by atoms with Gasteiger partial charge in [0.1, 0.15) is 6.04 Å². The highest BCUT2D eigenvalue weighted by molar-refractivity contribution is 6.01. The molecule has 2 atom stereocenters. The highest BCUT2D eigenvalue weighted by Gasteiger charge is 2.28. The molecule has 0 spiro atoms. The van der Waals surface area contributed by atoms with Gasteiger partial charge in [-0.2, -0.15) is 0 Å². The Morgan fingerprint density at radius 3 is 2.95 bits per heavy atom. The first-order valence-electron chi connectivity index (χ1n) is 7.47. The Morgan fingerprint density at radius 2 is 2.18 bits per heavy atom. The van der Waals surface area contributed by atoms with Crippen molar-refractivity contribution in [1.29, 1.82) is 0 Å².